The van der Waals surface area contributed by atoms with Gasteiger partial charge in [-0.2, -0.15) is 5.21 Å². The first kappa shape index (κ1) is 8.31. The van der Waals surface area contributed by atoms with Crippen LogP contribution in [0.25, 0.3) is 0 Å². The Labute approximate surface area is 81.6 Å². The van der Waals surface area contributed by atoms with Gasteiger partial charge < -0.3 is 4.74 Å². The number of ether oxygens (including phenoxy) is 1. The highest BCUT2D eigenvalue weighted by Crippen LogP contribution is 2.27. The maximum atomic E-state index is 5.71. The normalized spacial score (nSPS) is 33.1. The number of aromatic amines is 1. The van der Waals surface area contributed by atoms with Gasteiger partial charge in [0.15, 0.2) is 0 Å². The van der Waals surface area contributed by atoms with Gasteiger partial charge in [0, 0.05) is 12.6 Å². The van der Waals surface area contributed by atoms with Crippen LogP contribution >= 0.6 is 0 Å². The van der Waals surface area contributed by atoms with Crippen LogP contribution in [0.5, 0.6) is 0 Å². The van der Waals surface area contributed by atoms with Gasteiger partial charge in [-0.1, -0.05) is 5.21 Å². The number of rotatable bonds is 1. The third-order valence-electron chi connectivity index (χ3n) is 3.04. The fraction of sp³-hybridized carbons (Fsp3) is 0.875. The Kier molecular flexibility index (Phi) is 1.95. The van der Waals surface area contributed by atoms with Gasteiger partial charge in [-0.15, -0.1) is 10.2 Å². The lowest BCUT2D eigenvalue weighted by atomic mass is 10.2. The fourth-order valence-corrected chi connectivity index (χ4v) is 2.28. The van der Waals surface area contributed by atoms with Crippen molar-refractivity contribution >= 4 is 0 Å². The van der Waals surface area contributed by atoms with E-state index >= 15 is 0 Å². The molecule has 0 radical (unpaired) electrons. The molecule has 14 heavy (non-hydrogen) atoms. The number of hydrogen-bond acceptors (Lipinski definition) is 5. The van der Waals surface area contributed by atoms with Gasteiger partial charge in [-0.05, 0) is 19.4 Å². The number of nitrogens with zero attached hydrogens (tertiary/aromatic N) is 4. The Balaban J connectivity index is 1.73. The summed E-state index contributed by atoms with van der Waals surface area (Å²) in [5.74, 6) is 0.676. The number of morpholine rings is 1. The largest absolute Gasteiger partial charge is 0.367 e. The summed E-state index contributed by atoms with van der Waals surface area (Å²) in [6.07, 6.45) is 2.55. The predicted molar refractivity (Wildman–Crippen MR) is 47.5 cm³/mol. The second kappa shape index (κ2) is 3.29. The standard InChI is InChI=1S/C8H13N5O/c1-2-6-5-14-7(4-13(6)3-1)8-9-11-12-10-8/h6-7H,1-5H2,(H,9,10,11,12). The third kappa shape index (κ3) is 1.31. The monoisotopic (exact) mass is 195 g/mol. The maximum absolute atomic E-state index is 5.71. The molecule has 2 atom stereocenters. The van der Waals surface area contributed by atoms with Crippen LogP contribution in [0.3, 0.4) is 0 Å². The summed E-state index contributed by atoms with van der Waals surface area (Å²) in [4.78, 5) is 2.46. The average molecular weight is 195 g/mol. The summed E-state index contributed by atoms with van der Waals surface area (Å²) in [7, 11) is 0. The van der Waals surface area contributed by atoms with E-state index < -0.39 is 0 Å². The lowest BCUT2D eigenvalue weighted by Crippen LogP contribution is -2.42. The molecule has 0 bridgehead atoms. The molecule has 2 aliphatic heterocycles. The molecular formula is C8H13N5O. The van der Waals surface area contributed by atoms with Crippen molar-refractivity contribution in [1.29, 1.82) is 0 Å². The van der Waals surface area contributed by atoms with E-state index in [1.54, 1.807) is 0 Å². The molecule has 2 fully saturated rings. The van der Waals surface area contributed by atoms with E-state index in [9.17, 15) is 0 Å². The number of H-pyrrole nitrogens is 1. The number of fused-ring (bicyclic) bond motifs is 1. The van der Waals surface area contributed by atoms with Crippen LogP contribution < -0.4 is 0 Å². The Hall–Kier alpha value is -1.01. The number of aromatic nitrogens is 4. The summed E-state index contributed by atoms with van der Waals surface area (Å²) < 4.78 is 5.71. The van der Waals surface area contributed by atoms with Gasteiger partial charge in [-0.3, -0.25) is 4.90 Å². The van der Waals surface area contributed by atoms with E-state index in [4.69, 9.17) is 4.74 Å². The molecule has 3 heterocycles. The molecule has 6 nitrogen and oxygen atoms in total. The molecule has 76 valence electrons. The Morgan fingerprint density at radius 3 is 3.36 bits per heavy atom. The van der Waals surface area contributed by atoms with Crippen LogP contribution in [-0.4, -0.2) is 51.3 Å². The van der Waals surface area contributed by atoms with Crippen molar-refractivity contribution in [2.24, 2.45) is 0 Å². The summed E-state index contributed by atoms with van der Waals surface area (Å²) >= 11 is 0. The Bertz CT molecular complexity index is 301. The van der Waals surface area contributed by atoms with E-state index in [1.165, 1.54) is 19.4 Å². The van der Waals surface area contributed by atoms with Crippen molar-refractivity contribution in [3.8, 4) is 0 Å². The smallest absolute Gasteiger partial charge is 0.204 e. The number of nitrogens with one attached hydrogen (secondary N) is 1. The zero-order valence-corrected chi connectivity index (χ0v) is 7.89. The Morgan fingerprint density at radius 1 is 1.50 bits per heavy atom. The molecule has 2 unspecified atom stereocenters. The number of tetrazole rings is 1. The minimum atomic E-state index is 0.00287. The first-order valence-corrected chi connectivity index (χ1v) is 5.02. The minimum Gasteiger partial charge on any atom is -0.367 e. The molecule has 2 saturated heterocycles. The average Bonchev–Trinajstić information content (AvgIpc) is 2.88. The van der Waals surface area contributed by atoms with Crippen LogP contribution in [0.15, 0.2) is 0 Å². The second-order valence-electron chi connectivity index (χ2n) is 3.88. The molecule has 1 aromatic heterocycles. The van der Waals surface area contributed by atoms with Gasteiger partial charge in [0.05, 0.1) is 6.61 Å². The lowest BCUT2D eigenvalue weighted by molar-refractivity contribution is -0.0541. The van der Waals surface area contributed by atoms with Crippen molar-refractivity contribution in [2.45, 2.75) is 25.0 Å². The molecule has 2 aliphatic rings. The molecule has 6 heteroatoms. The molecule has 0 saturated carbocycles. The van der Waals surface area contributed by atoms with Gasteiger partial charge >= 0.3 is 0 Å². The van der Waals surface area contributed by atoms with Gasteiger partial charge in [-0.25, -0.2) is 0 Å². The molecule has 3 rings (SSSR count). The van der Waals surface area contributed by atoms with Crippen LogP contribution in [0.2, 0.25) is 0 Å². The summed E-state index contributed by atoms with van der Waals surface area (Å²) in [6, 6.07) is 0.623. The lowest BCUT2D eigenvalue weighted by Gasteiger charge is -2.33. The topological polar surface area (TPSA) is 66.9 Å². The second-order valence-corrected chi connectivity index (χ2v) is 3.88. The molecule has 0 spiro atoms. The maximum Gasteiger partial charge on any atom is 0.204 e. The molecule has 1 aromatic rings. The van der Waals surface area contributed by atoms with Crippen LogP contribution in [0.4, 0.5) is 0 Å². The van der Waals surface area contributed by atoms with E-state index in [-0.39, 0.29) is 6.10 Å². The van der Waals surface area contributed by atoms with Gasteiger partial charge in [0.2, 0.25) is 5.82 Å². The van der Waals surface area contributed by atoms with Crippen molar-refractivity contribution in [3.63, 3.8) is 0 Å². The summed E-state index contributed by atoms with van der Waals surface area (Å²) in [5.41, 5.74) is 0. The first-order chi connectivity index (χ1) is 6.93. The highest BCUT2D eigenvalue weighted by Gasteiger charge is 2.34. The zero-order valence-electron chi connectivity index (χ0n) is 7.89. The van der Waals surface area contributed by atoms with E-state index in [1.807, 2.05) is 0 Å². The van der Waals surface area contributed by atoms with Crippen molar-refractivity contribution in [1.82, 2.24) is 25.5 Å². The third-order valence-corrected chi connectivity index (χ3v) is 3.04. The quantitative estimate of drug-likeness (QED) is 0.668. The van der Waals surface area contributed by atoms with Crippen molar-refractivity contribution < 1.29 is 4.74 Å². The van der Waals surface area contributed by atoms with Crippen molar-refractivity contribution in [2.75, 3.05) is 19.7 Å². The van der Waals surface area contributed by atoms with Gasteiger partial charge in [0.1, 0.15) is 6.10 Å². The number of hydrogen-bond donors (Lipinski definition) is 1. The first-order valence-electron chi connectivity index (χ1n) is 5.02. The Morgan fingerprint density at radius 2 is 2.50 bits per heavy atom. The van der Waals surface area contributed by atoms with Crippen LogP contribution in [0, 0.1) is 0 Å². The van der Waals surface area contributed by atoms with E-state index in [0.717, 1.165) is 13.2 Å². The summed E-state index contributed by atoms with van der Waals surface area (Å²) in [5, 5.41) is 13.9. The van der Waals surface area contributed by atoms with Crippen LogP contribution in [-0.2, 0) is 4.74 Å². The van der Waals surface area contributed by atoms with E-state index in [2.05, 4.69) is 25.5 Å². The zero-order chi connectivity index (χ0) is 9.38. The highest BCUT2D eigenvalue weighted by molar-refractivity contribution is 4.93. The molecular weight excluding hydrogens is 182 g/mol. The highest BCUT2D eigenvalue weighted by atomic mass is 16.5. The fourth-order valence-electron chi connectivity index (χ4n) is 2.28. The predicted octanol–water partition coefficient (Wildman–Crippen LogP) is -0.265. The van der Waals surface area contributed by atoms with Gasteiger partial charge in [0.25, 0.3) is 0 Å². The SMILES string of the molecule is C1CC2COC(c3nn[nH]n3)CN2C1. The molecule has 0 aromatic carbocycles. The van der Waals surface area contributed by atoms with E-state index in [0.29, 0.717) is 11.9 Å². The van der Waals surface area contributed by atoms with Crippen LogP contribution in [0.1, 0.15) is 24.8 Å². The van der Waals surface area contributed by atoms with Crippen molar-refractivity contribution in [3.05, 3.63) is 5.82 Å². The molecule has 1 N–H and O–H groups in total. The summed E-state index contributed by atoms with van der Waals surface area (Å²) in [6.45, 7) is 2.89. The molecule has 0 aliphatic carbocycles. The molecule has 0 amide bonds. The minimum absolute atomic E-state index is 0.00287.